The Morgan fingerprint density at radius 1 is 0.438 bits per heavy atom. The minimum Gasteiger partial charge on any atom is -0.311 e. The summed E-state index contributed by atoms with van der Waals surface area (Å²) in [4.78, 5) is 5.02. The third-order valence-corrected chi connectivity index (χ3v) is 10.3. The number of para-hydroxylation sites is 1. The van der Waals surface area contributed by atoms with E-state index in [0.29, 0.717) is 0 Å². The van der Waals surface area contributed by atoms with Gasteiger partial charge in [-0.15, -0.1) is 0 Å². The second kappa shape index (κ2) is 11.0. The highest BCUT2D eigenvalue weighted by molar-refractivity contribution is 7.00. The van der Waals surface area contributed by atoms with Crippen LogP contribution in [0.25, 0.3) is 11.1 Å². The number of aryl methyl sites for hydroxylation is 1. The van der Waals surface area contributed by atoms with E-state index in [-0.39, 0.29) is 17.5 Å². The van der Waals surface area contributed by atoms with Crippen molar-refractivity contribution >= 4 is 57.2 Å². The molecule has 3 heteroatoms. The third kappa shape index (κ3) is 4.87. The summed E-state index contributed by atoms with van der Waals surface area (Å²) in [6.07, 6.45) is 0. The molecule has 0 unspecified atom stereocenters. The number of benzene rings is 6. The van der Waals surface area contributed by atoms with Crippen LogP contribution in [0.15, 0.2) is 133 Å². The molecule has 0 saturated carbocycles. The molecule has 0 radical (unpaired) electrons. The van der Waals surface area contributed by atoms with Gasteiger partial charge in [-0.05, 0) is 104 Å². The van der Waals surface area contributed by atoms with E-state index in [0.717, 1.165) is 0 Å². The molecule has 0 spiro atoms. The zero-order valence-corrected chi connectivity index (χ0v) is 29.2. The van der Waals surface area contributed by atoms with Gasteiger partial charge in [0.05, 0.1) is 0 Å². The van der Waals surface area contributed by atoms with Crippen LogP contribution in [0.3, 0.4) is 0 Å². The van der Waals surface area contributed by atoms with Crippen molar-refractivity contribution in [2.75, 3.05) is 9.80 Å². The van der Waals surface area contributed by atoms with E-state index in [1.54, 1.807) is 0 Å². The molecular weight excluding hydrogens is 579 g/mol. The summed E-state index contributed by atoms with van der Waals surface area (Å²) in [5.74, 6) is 0. The van der Waals surface area contributed by atoms with Gasteiger partial charge in [0, 0.05) is 34.1 Å². The lowest BCUT2D eigenvalue weighted by molar-refractivity contribution is 0.590. The average Bonchev–Trinajstić information content (AvgIpc) is 3.08. The zero-order valence-electron chi connectivity index (χ0n) is 29.2. The van der Waals surface area contributed by atoms with Gasteiger partial charge < -0.3 is 9.80 Å². The summed E-state index contributed by atoms with van der Waals surface area (Å²) in [6.45, 7) is 16.1. The number of rotatable bonds is 3. The quantitative estimate of drug-likeness (QED) is 0.181. The van der Waals surface area contributed by atoms with Gasteiger partial charge >= 0.3 is 0 Å². The molecule has 6 aromatic carbocycles. The summed E-state index contributed by atoms with van der Waals surface area (Å²) >= 11 is 0. The lowest BCUT2D eigenvalue weighted by atomic mass is 9.33. The van der Waals surface area contributed by atoms with Crippen molar-refractivity contribution < 1.29 is 0 Å². The molecule has 0 amide bonds. The fourth-order valence-electron chi connectivity index (χ4n) is 7.67. The minimum atomic E-state index is 0.0237. The van der Waals surface area contributed by atoms with Gasteiger partial charge in [-0.3, -0.25) is 0 Å². The van der Waals surface area contributed by atoms with Gasteiger partial charge in [0.2, 0.25) is 0 Å². The van der Waals surface area contributed by atoms with Gasteiger partial charge in [0.1, 0.15) is 0 Å². The molecule has 236 valence electrons. The van der Waals surface area contributed by atoms with Crippen LogP contribution in [-0.4, -0.2) is 6.71 Å². The standard InChI is InChI=1S/C45H43BN2/c1-30-14-11-12-17-38(30)48-41-19-13-18-40-43(41)46(36-26-20-32(28-42(36)48)31-15-9-8-10-16-31)37-29-34(45(5,6)7)23-27-39(37)47(40)35-24-21-33(22-25-35)44(2,3)4/h8-29H,1-7H3. The summed E-state index contributed by atoms with van der Waals surface area (Å²) < 4.78 is 0. The van der Waals surface area contributed by atoms with Crippen molar-refractivity contribution in [2.45, 2.75) is 59.3 Å². The normalized spacial score (nSPS) is 13.6. The van der Waals surface area contributed by atoms with Gasteiger partial charge in [-0.1, -0.05) is 133 Å². The highest BCUT2D eigenvalue weighted by Gasteiger charge is 2.43. The molecule has 0 fully saturated rings. The van der Waals surface area contributed by atoms with Crippen molar-refractivity contribution in [1.82, 2.24) is 0 Å². The fraction of sp³-hybridized carbons (Fsp3) is 0.200. The molecule has 0 bridgehead atoms. The van der Waals surface area contributed by atoms with Crippen LogP contribution in [-0.2, 0) is 10.8 Å². The van der Waals surface area contributed by atoms with Crippen LogP contribution >= 0.6 is 0 Å². The highest BCUT2D eigenvalue weighted by Crippen LogP contribution is 2.45. The number of nitrogens with zero attached hydrogens (tertiary/aromatic N) is 2. The highest BCUT2D eigenvalue weighted by atomic mass is 15.2. The SMILES string of the molecule is Cc1ccccc1N1c2cc(-c3ccccc3)ccc2B2c3cc(C(C)(C)C)ccc3N(c3ccc(C(C)(C)C)cc3)c3cccc1c32. The molecular formula is C45H43BN2. The van der Waals surface area contributed by atoms with E-state index in [1.165, 1.54) is 78.3 Å². The van der Waals surface area contributed by atoms with E-state index in [2.05, 4.69) is 192 Å². The van der Waals surface area contributed by atoms with Gasteiger partial charge in [-0.2, -0.15) is 0 Å². The largest absolute Gasteiger partial charge is 0.311 e. The van der Waals surface area contributed by atoms with E-state index < -0.39 is 0 Å². The maximum absolute atomic E-state index is 2.52. The molecule has 0 N–H and O–H groups in total. The Morgan fingerprint density at radius 2 is 1.06 bits per heavy atom. The molecule has 0 saturated heterocycles. The molecule has 2 nitrogen and oxygen atoms in total. The van der Waals surface area contributed by atoms with E-state index >= 15 is 0 Å². The maximum atomic E-state index is 2.52. The average molecular weight is 623 g/mol. The molecule has 8 rings (SSSR count). The first kappa shape index (κ1) is 30.3. The topological polar surface area (TPSA) is 6.48 Å². The second-order valence-corrected chi connectivity index (χ2v) is 15.6. The maximum Gasteiger partial charge on any atom is 0.252 e. The molecule has 2 heterocycles. The molecule has 0 aromatic heterocycles. The van der Waals surface area contributed by atoms with Gasteiger partial charge in [0.15, 0.2) is 0 Å². The molecule has 6 aromatic rings. The molecule has 0 atom stereocenters. The first-order valence-corrected chi connectivity index (χ1v) is 17.2. The number of hydrogen-bond acceptors (Lipinski definition) is 2. The Hall–Kier alpha value is -5.02. The smallest absolute Gasteiger partial charge is 0.252 e. The molecule has 0 aliphatic carbocycles. The van der Waals surface area contributed by atoms with Crippen LogP contribution in [0.4, 0.5) is 34.1 Å². The lowest BCUT2D eigenvalue weighted by Crippen LogP contribution is -2.61. The van der Waals surface area contributed by atoms with Gasteiger partial charge in [0.25, 0.3) is 6.71 Å². The van der Waals surface area contributed by atoms with Crippen LogP contribution in [0.2, 0.25) is 0 Å². The first-order valence-electron chi connectivity index (χ1n) is 17.2. The van der Waals surface area contributed by atoms with E-state index in [1.807, 2.05) is 0 Å². The van der Waals surface area contributed by atoms with Crippen LogP contribution in [0, 0.1) is 6.92 Å². The molecule has 2 aliphatic rings. The van der Waals surface area contributed by atoms with Crippen molar-refractivity contribution in [3.8, 4) is 11.1 Å². The summed E-state index contributed by atoms with van der Waals surface area (Å²) in [7, 11) is 0. The lowest BCUT2D eigenvalue weighted by Gasteiger charge is -2.44. The van der Waals surface area contributed by atoms with Crippen molar-refractivity contribution in [3.05, 3.63) is 150 Å². The van der Waals surface area contributed by atoms with E-state index in [9.17, 15) is 0 Å². The Bertz CT molecular complexity index is 2170. The summed E-state index contributed by atoms with van der Waals surface area (Å²) in [5.41, 5.74) is 18.0. The molecule has 48 heavy (non-hydrogen) atoms. The Kier molecular flexibility index (Phi) is 6.96. The fourth-order valence-corrected chi connectivity index (χ4v) is 7.67. The zero-order chi connectivity index (χ0) is 33.4. The second-order valence-electron chi connectivity index (χ2n) is 15.6. The van der Waals surface area contributed by atoms with Crippen LogP contribution in [0.1, 0.15) is 58.2 Å². The Labute approximate surface area is 286 Å². The van der Waals surface area contributed by atoms with Crippen molar-refractivity contribution in [3.63, 3.8) is 0 Å². The Morgan fingerprint density at radius 3 is 1.75 bits per heavy atom. The first-order chi connectivity index (χ1) is 23.0. The summed E-state index contributed by atoms with van der Waals surface area (Å²) in [6, 6.07) is 50.0. The minimum absolute atomic E-state index is 0.0237. The van der Waals surface area contributed by atoms with Crippen LogP contribution in [0.5, 0.6) is 0 Å². The molecule has 2 aliphatic heterocycles. The monoisotopic (exact) mass is 622 g/mol. The number of hydrogen-bond donors (Lipinski definition) is 0. The predicted octanol–water partition coefficient (Wildman–Crippen LogP) is 10.3. The van der Waals surface area contributed by atoms with Gasteiger partial charge in [-0.25, -0.2) is 0 Å². The van der Waals surface area contributed by atoms with Crippen molar-refractivity contribution in [1.29, 1.82) is 0 Å². The summed E-state index contributed by atoms with van der Waals surface area (Å²) in [5, 5.41) is 0. The third-order valence-electron chi connectivity index (χ3n) is 10.3. The Balaban J connectivity index is 1.44. The van der Waals surface area contributed by atoms with Crippen LogP contribution < -0.4 is 26.2 Å². The predicted molar refractivity (Wildman–Crippen MR) is 208 cm³/mol. The number of anilines is 6. The van der Waals surface area contributed by atoms with E-state index in [4.69, 9.17) is 0 Å². The number of fused-ring (bicyclic) bond motifs is 4. The van der Waals surface area contributed by atoms with Crippen molar-refractivity contribution in [2.24, 2.45) is 0 Å².